The predicted molar refractivity (Wildman–Crippen MR) is 93.3 cm³/mol. The maximum absolute atomic E-state index is 12.4. The standard InChI is InChI=1S/C18H22N2O.ClH/c1-12(15-10-19-11-15)18(21)20-13(2)16-9-5-7-14-6-3-4-8-17(14)16;/h3-9,12-13,15,19H,10-11H2,1-2H3,(H,20,21);1H. The number of carbonyl (C=O) groups is 1. The van der Waals surface area contributed by atoms with Crippen molar-refractivity contribution in [3.63, 3.8) is 0 Å². The van der Waals surface area contributed by atoms with Gasteiger partial charge in [-0.1, -0.05) is 49.4 Å². The Morgan fingerprint density at radius 2 is 1.82 bits per heavy atom. The highest BCUT2D eigenvalue weighted by Crippen LogP contribution is 2.25. The maximum Gasteiger partial charge on any atom is 0.223 e. The van der Waals surface area contributed by atoms with Crippen LogP contribution in [0.25, 0.3) is 10.8 Å². The number of halogens is 1. The zero-order valence-electron chi connectivity index (χ0n) is 13.0. The first-order valence-electron chi connectivity index (χ1n) is 7.65. The van der Waals surface area contributed by atoms with Gasteiger partial charge in [0.05, 0.1) is 6.04 Å². The van der Waals surface area contributed by atoms with Crippen molar-refractivity contribution < 1.29 is 4.79 Å². The topological polar surface area (TPSA) is 41.1 Å². The van der Waals surface area contributed by atoms with Gasteiger partial charge in [-0.3, -0.25) is 4.79 Å². The van der Waals surface area contributed by atoms with Crippen LogP contribution in [0.1, 0.15) is 25.5 Å². The fourth-order valence-corrected chi connectivity index (χ4v) is 2.93. The SMILES string of the molecule is CC(NC(=O)C(C)C1CNC1)c1cccc2ccccc12.Cl. The largest absolute Gasteiger partial charge is 0.349 e. The van der Waals surface area contributed by atoms with Crippen molar-refractivity contribution in [1.82, 2.24) is 10.6 Å². The second-order valence-corrected chi connectivity index (χ2v) is 6.01. The van der Waals surface area contributed by atoms with Crippen molar-refractivity contribution in [2.75, 3.05) is 13.1 Å². The molecule has 22 heavy (non-hydrogen) atoms. The van der Waals surface area contributed by atoms with Crippen molar-refractivity contribution in [2.24, 2.45) is 11.8 Å². The van der Waals surface area contributed by atoms with Crippen LogP contribution in [0.3, 0.4) is 0 Å². The number of benzene rings is 2. The molecule has 0 radical (unpaired) electrons. The van der Waals surface area contributed by atoms with E-state index in [9.17, 15) is 4.79 Å². The van der Waals surface area contributed by atoms with Crippen molar-refractivity contribution in [2.45, 2.75) is 19.9 Å². The van der Waals surface area contributed by atoms with Gasteiger partial charge >= 0.3 is 0 Å². The first kappa shape index (κ1) is 16.8. The van der Waals surface area contributed by atoms with E-state index in [0.29, 0.717) is 5.92 Å². The molecule has 0 aromatic heterocycles. The van der Waals surface area contributed by atoms with Crippen LogP contribution in [0.5, 0.6) is 0 Å². The molecule has 1 aliphatic heterocycles. The van der Waals surface area contributed by atoms with Crippen LogP contribution < -0.4 is 10.6 Å². The summed E-state index contributed by atoms with van der Waals surface area (Å²) >= 11 is 0. The molecule has 3 nitrogen and oxygen atoms in total. The van der Waals surface area contributed by atoms with Gasteiger partial charge in [0.15, 0.2) is 0 Å². The first-order chi connectivity index (χ1) is 10.2. The van der Waals surface area contributed by atoms with Crippen LogP contribution in [0.2, 0.25) is 0 Å². The average molecular weight is 319 g/mol. The van der Waals surface area contributed by atoms with Crippen LogP contribution >= 0.6 is 12.4 Å². The molecule has 0 aliphatic carbocycles. The second kappa shape index (κ2) is 7.12. The van der Waals surface area contributed by atoms with E-state index in [-0.39, 0.29) is 30.3 Å². The minimum Gasteiger partial charge on any atom is -0.349 e. The van der Waals surface area contributed by atoms with Crippen molar-refractivity contribution in [3.8, 4) is 0 Å². The highest BCUT2D eigenvalue weighted by molar-refractivity contribution is 5.87. The normalized spacial score (nSPS) is 17.2. The molecule has 1 aliphatic rings. The molecule has 0 saturated carbocycles. The lowest BCUT2D eigenvalue weighted by Gasteiger charge is -2.32. The van der Waals surface area contributed by atoms with E-state index in [2.05, 4.69) is 47.9 Å². The third-order valence-electron chi connectivity index (χ3n) is 4.58. The number of rotatable bonds is 4. The van der Waals surface area contributed by atoms with E-state index in [0.717, 1.165) is 13.1 Å². The summed E-state index contributed by atoms with van der Waals surface area (Å²) < 4.78 is 0. The molecule has 1 saturated heterocycles. The summed E-state index contributed by atoms with van der Waals surface area (Å²) in [6.07, 6.45) is 0. The fraction of sp³-hybridized carbons (Fsp3) is 0.389. The smallest absolute Gasteiger partial charge is 0.223 e. The molecule has 2 atom stereocenters. The molecular weight excluding hydrogens is 296 g/mol. The fourth-order valence-electron chi connectivity index (χ4n) is 2.93. The average Bonchev–Trinajstić information content (AvgIpc) is 2.44. The first-order valence-corrected chi connectivity index (χ1v) is 7.65. The Hall–Kier alpha value is -1.58. The third kappa shape index (κ3) is 3.26. The summed E-state index contributed by atoms with van der Waals surface area (Å²) in [6.45, 7) is 6.00. The molecule has 2 unspecified atom stereocenters. The van der Waals surface area contributed by atoms with Gasteiger partial charge in [0.1, 0.15) is 0 Å². The lowest BCUT2D eigenvalue weighted by atomic mass is 9.88. The van der Waals surface area contributed by atoms with E-state index in [1.54, 1.807) is 0 Å². The van der Waals surface area contributed by atoms with E-state index in [1.807, 2.05) is 19.1 Å². The zero-order chi connectivity index (χ0) is 14.8. The molecule has 2 aromatic carbocycles. The number of nitrogens with one attached hydrogen (secondary N) is 2. The summed E-state index contributed by atoms with van der Waals surface area (Å²) in [5.41, 5.74) is 1.18. The van der Waals surface area contributed by atoms with Gasteiger partial charge in [-0.05, 0) is 42.3 Å². The number of hydrogen-bond acceptors (Lipinski definition) is 2. The molecule has 1 amide bonds. The molecular formula is C18H23ClN2O. The number of amides is 1. The van der Waals surface area contributed by atoms with Gasteiger partial charge in [0, 0.05) is 5.92 Å². The van der Waals surface area contributed by atoms with E-state index in [1.165, 1.54) is 16.3 Å². The lowest BCUT2D eigenvalue weighted by molar-refractivity contribution is -0.127. The molecule has 1 heterocycles. The Morgan fingerprint density at radius 3 is 2.50 bits per heavy atom. The molecule has 2 N–H and O–H groups in total. The number of carbonyl (C=O) groups excluding carboxylic acids is 1. The van der Waals surface area contributed by atoms with Crippen molar-refractivity contribution in [3.05, 3.63) is 48.0 Å². The summed E-state index contributed by atoms with van der Waals surface area (Å²) in [5.74, 6) is 0.704. The van der Waals surface area contributed by atoms with Gasteiger partial charge in [-0.25, -0.2) is 0 Å². The molecule has 4 heteroatoms. The van der Waals surface area contributed by atoms with Gasteiger partial charge < -0.3 is 10.6 Å². The summed E-state index contributed by atoms with van der Waals surface area (Å²) in [5, 5.41) is 8.83. The van der Waals surface area contributed by atoms with Crippen molar-refractivity contribution >= 4 is 29.1 Å². The van der Waals surface area contributed by atoms with Gasteiger partial charge in [-0.2, -0.15) is 0 Å². The highest BCUT2D eigenvalue weighted by atomic mass is 35.5. The highest BCUT2D eigenvalue weighted by Gasteiger charge is 2.29. The van der Waals surface area contributed by atoms with Gasteiger partial charge in [0.2, 0.25) is 5.91 Å². The number of fused-ring (bicyclic) bond motifs is 1. The van der Waals surface area contributed by atoms with Crippen LogP contribution in [0, 0.1) is 11.8 Å². The maximum atomic E-state index is 12.4. The monoisotopic (exact) mass is 318 g/mol. The van der Waals surface area contributed by atoms with Crippen LogP contribution in [-0.4, -0.2) is 19.0 Å². The second-order valence-electron chi connectivity index (χ2n) is 6.01. The van der Waals surface area contributed by atoms with E-state index < -0.39 is 0 Å². The molecule has 3 rings (SSSR count). The van der Waals surface area contributed by atoms with E-state index in [4.69, 9.17) is 0 Å². The number of hydrogen-bond donors (Lipinski definition) is 2. The Morgan fingerprint density at radius 1 is 1.14 bits per heavy atom. The Kier molecular flexibility index (Phi) is 5.43. The molecule has 0 bridgehead atoms. The minimum absolute atomic E-state index is 0. The molecule has 2 aromatic rings. The molecule has 118 valence electrons. The summed E-state index contributed by atoms with van der Waals surface area (Å²) in [4.78, 5) is 12.4. The predicted octanol–water partition coefficient (Wildman–Crippen LogP) is 3.29. The van der Waals surface area contributed by atoms with E-state index >= 15 is 0 Å². The quantitative estimate of drug-likeness (QED) is 0.908. The third-order valence-corrected chi connectivity index (χ3v) is 4.58. The Bertz CT molecular complexity index is 649. The van der Waals surface area contributed by atoms with Crippen molar-refractivity contribution in [1.29, 1.82) is 0 Å². The van der Waals surface area contributed by atoms with Crippen LogP contribution in [0.15, 0.2) is 42.5 Å². The van der Waals surface area contributed by atoms with Gasteiger partial charge in [0.25, 0.3) is 0 Å². The zero-order valence-corrected chi connectivity index (χ0v) is 13.8. The van der Waals surface area contributed by atoms with Gasteiger partial charge in [-0.15, -0.1) is 12.4 Å². The van der Waals surface area contributed by atoms with Crippen LogP contribution in [0.4, 0.5) is 0 Å². The lowest BCUT2D eigenvalue weighted by Crippen LogP contribution is -2.49. The summed E-state index contributed by atoms with van der Waals surface area (Å²) in [7, 11) is 0. The Labute approximate surface area is 137 Å². The molecule has 1 fully saturated rings. The van der Waals surface area contributed by atoms with Crippen LogP contribution in [-0.2, 0) is 4.79 Å². The Balaban J connectivity index is 0.00000176. The summed E-state index contributed by atoms with van der Waals surface area (Å²) in [6, 6.07) is 14.6. The minimum atomic E-state index is 0. The molecule has 0 spiro atoms.